The zero-order chi connectivity index (χ0) is 15.9. The monoisotopic (exact) mass is 295 g/mol. The third-order valence-corrected chi connectivity index (χ3v) is 4.01. The Bertz CT molecular complexity index is 883. The fourth-order valence-corrected chi connectivity index (χ4v) is 2.93. The Labute approximate surface area is 130 Å². The van der Waals surface area contributed by atoms with Gasteiger partial charge in [-0.15, -0.1) is 0 Å². The Morgan fingerprint density at radius 1 is 1.18 bits per heavy atom. The minimum Gasteiger partial charge on any atom is -0.506 e. The number of rotatable bonds is 3. The van der Waals surface area contributed by atoms with Crippen LogP contribution >= 0.6 is 0 Å². The summed E-state index contributed by atoms with van der Waals surface area (Å²) in [6, 6.07) is 7.94. The molecule has 0 saturated carbocycles. The van der Waals surface area contributed by atoms with Crippen molar-refractivity contribution in [2.75, 3.05) is 7.11 Å². The van der Waals surface area contributed by atoms with Crippen molar-refractivity contribution in [2.45, 2.75) is 27.2 Å². The van der Waals surface area contributed by atoms with Gasteiger partial charge in [0.2, 0.25) is 0 Å². The molecular formula is C19H21NO2. The number of allylic oxidation sites excluding steroid dienone is 2. The Balaban J connectivity index is 2.36. The Morgan fingerprint density at radius 2 is 1.95 bits per heavy atom. The maximum atomic E-state index is 10.2. The number of aryl methyl sites for hydroxylation is 1. The van der Waals surface area contributed by atoms with E-state index in [-0.39, 0.29) is 0 Å². The number of phenolic OH excluding ortho intramolecular Hbond substituents is 1. The number of ether oxygens (including phenoxy) is 1. The highest BCUT2D eigenvalue weighted by atomic mass is 16.5. The lowest BCUT2D eigenvalue weighted by Crippen LogP contribution is -1.92. The van der Waals surface area contributed by atoms with Gasteiger partial charge in [0.05, 0.1) is 18.1 Å². The van der Waals surface area contributed by atoms with Crippen LogP contribution in [0.4, 0.5) is 0 Å². The third-order valence-electron chi connectivity index (χ3n) is 4.01. The molecule has 0 bridgehead atoms. The molecule has 0 spiro atoms. The first-order chi connectivity index (χ1) is 10.5. The fourth-order valence-electron chi connectivity index (χ4n) is 2.93. The van der Waals surface area contributed by atoms with Crippen LogP contribution in [-0.4, -0.2) is 17.2 Å². The van der Waals surface area contributed by atoms with E-state index < -0.39 is 0 Å². The predicted molar refractivity (Wildman–Crippen MR) is 91.9 cm³/mol. The summed E-state index contributed by atoms with van der Waals surface area (Å²) in [5, 5.41) is 12.4. The molecule has 2 aromatic carbocycles. The molecule has 0 amide bonds. The van der Waals surface area contributed by atoms with E-state index in [0.717, 1.165) is 45.1 Å². The van der Waals surface area contributed by atoms with Crippen LogP contribution in [0.25, 0.3) is 21.8 Å². The van der Waals surface area contributed by atoms with Gasteiger partial charge < -0.3 is 14.8 Å². The number of aromatic hydroxyl groups is 1. The van der Waals surface area contributed by atoms with Gasteiger partial charge in [0, 0.05) is 16.3 Å². The molecule has 2 N–H and O–H groups in total. The number of benzene rings is 2. The molecule has 0 aliphatic carbocycles. The standard InChI is InChI=1S/C19H21NO2/c1-11(2)5-6-14-17(22-4)8-7-13-15-9-12(3)10-16(21)19(15)20-18(13)14/h5,7-10,20-21H,6H2,1-4H3. The number of aromatic amines is 1. The predicted octanol–water partition coefficient (Wildman–Crippen LogP) is 4.85. The molecule has 0 fully saturated rings. The van der Waals surface area contributed by atoms with E-state index >= 15 is 0 Å². The molecule has 0 aliphatic heterocycles. The van der Waals surface area contributed by atoms with Gasteiger partial charge in [-0.2, -0.15) is 0 Å². The third kappa shape index (κ3) is 2.33. The number of H-pyrrole nitrogens is 1. The zero-order valence-corrected chi connectivity index (χ0v) is 13.4. The van der Waals surface area contributed by atoms with E-state index in [1.165, 1.54) is 5.57 Å². The molecule has 3 aromatic rings. The second-order valence-corrected chi connectivity index (χ2v) is 5.99. The first-order valence-electron chi connectivity index (χ1n) is 7.45. The number of nitrogens with one attached hydrogen (secondary N) is 1. The van der Waals surface area contributed by atoms with Gasteiger partial charge in [0.25, 0.3) is 0 Å². The summed E-state index contributed by atoms with van der Waals surface area (Å²) in [6.07, 6.45) is 2.99. The SMILES string of the molecule is COc1ccc2c([nH]c3c(O)cc(C)cc32)c1CC=C(C)C. The van der Waals surface area contributed by atoms with Gasteiger partial charge in [0.15, 0.2) is 0 Å². The number of hydrogen-bond acceptors (Lipinski definition) is 2. The van der Waals surface area contributed by atoms with Crippen molar-refractivity contribution in [3.8, 4) is 11.5 Å². The summed E-state index contributed by atoms with van der Waals surface area (Å²) in [4.78, 5) is 3.38. The smallest absolute Gasteiger partial charge is 0.139 e. The van der Waals surface area contributed by atoms with Crippen LogP contribution in [0.3, 0.4) is 0 Å². The van der Waals surface area contributed by atoms with Gasteiger partial charge in [-0.3, -0.25) is 0 Å². The Kier molecular flexibility index (Phi) is 3.57. The minimum atomic E-state index is 0.290. The van der Waals surface area contributed by atoms with Crippen LogP contribution < -0.4 is 4.74 Å². The average Bonchev–Trinajstić information content (AvgIpc) is 2.83. The van der Waals surface area contributed by atoms with E-state index in [9.17, 15) is 5.11 Å². The summed E-state index contributed by atoms with van der Waals surface area (Å²) in [6.45, 7) is 6.17. The van der Waals surface area contributed by atoms with Crippen molar-refractivity contribution < 1.29 is 9.84 Å². The average molecular weight is 295 g/mol. The highest BCUT2D eigenvalue weighted by Crippen LogP contribution is 2.37. The minimum absolute atomic E-state index is 0.290. The van der Waals surface area contributed by atoms with Gasteiger partial charge in [-0.1, -0.05) is 11.6 Å². The maximum Gasteiger partial charge on any atom is 0.139 e. The van der Waals surface area contributed by atoms with Crippen molar-refractivity contribution >= 4 is 21.8 Å². The Morgan fingerprint density at radius 3 is 2.64 bits per heavy atom. The van der Waals surface area contributed by atoms with E-state index in [4.69, 9.17) is 4.74 Å². The summed E-state index contributed by atoms with van der Waals surface area (Å²) in [7, 11) is 1.69. The molecule has 114 valence electrons. The second-order valence-electron chi connectivity index (χ2n) is 5.99. The van der Waals surface area contributed by atoms with Gasteiger partial charge >= 0.3 is 0 Å². The fraction of sp³-hybridized carbons (Fsp3) is 0.263. The highest BCUT2D eigenvalue weighted by molar-refractivity contribution is 6.10. The van der Waals surface area contributed by atoms with Crippen LogP contribution in [0.1, 0.15) is 25.0 Å². The lowest BCUT2D eigenvalue weighted by molar-refractivity contribution is 0.411. The molecule has 1 heterocycles. The highest BCUT2D eigenvalue weighted by Gasteiger charge is 2.14. The Hall–Kier alpha value is -2.42. The lowest BCUT2D eigenvalue weighted by atomic mass is 10.0. The largest absolute Gasteiger partial charge is 0.506 e. The number of aromatic nitrogens is 1. The summed E-state index contributed by atoms with van der Waals surface area (Å²) >= 11 is 0. The molecule has 1 aromatic heterocycles. The summed E-state index contributed by atoms with van der Waals surface area (Å²) in [5.41, 5.74) is 5.26. The van der Waals surface area contributed by atoms with Crippen LogP contribution in [0, 0.1) is 6.92 Å². The molecule has 3 rings (SSSR count). The summed E-state index contributed by atoms with van der Waals surface area (Å²) in [5.74, 6) is 1.16. The first kappa shape index (κ1) is 14.5. The van der Waals surface area contributed by atoms with Crippen molar-refractivity contribution in [2.24, 2.45) is 0 Å². The number of phenols is 1. The van der Waals surface area contributed by atoms with E-state index in [2.05, 4.69) is 37.0 Å². The van der Waals surface area contributed by atoms with Crippen LogP contribution in [-0.2, 0) is 6.42 Å². The quantitative estimate of drug-likeness (QED) is 0.678. The van der Waals surface area contributed by atoms with Crippen LogP contribution in [0.15, 0.2) is 35.9 Å². The zero-order valence-electron chi connectivity index (χ0n) is 13.4. The molecule has 0 saturated heterocycles. The van der Waals surface area contributed by atoms with Crippen molar-refractivity contribution in [1.82, 2.24) is 4.98 Å². The molecule has 3 nitrogen and oxygen atoms in total. The number of methoxy groups -OCH3 is 1. The van der Waals surface area contributed by atoms with E-state index in [1.807, 2.05) is 13.0 Å². The number of fused-ring (bicyclic) bond motifs is 3. The van der Waals surface area contributed by atoms with Gasteiger partial charge in [-0.05, 0) is 57.0 Å². The van der Waals surface area contributed by atoms with Crippen molar-refractivity contribution in [3.05, 3.63) is 47.0 Å². The van der Waals surface area contributed by atoms with E-state index in [0.29, 0.717) is 5.75 Å². The van der Waals surface area contributed by atoms with Crippen LogP contribution in [0.2, 0.25) is 0 Å². The van der Waals surface area contributed by atoms with Crippen molar-refractivity contribution in [1.29, 1.82) is 0 Å². The summed E-state index contributed by atoms with van der Waals surface area (Å²) < 4.78 is 5.52. The topological polar surface area (TPSA) is 45.2 Å². The van der Waals surface area contributed by atoms with Crippen LogP contribution in [0.5, 0.6) is 11.5 Å². The number of hydrogen-bond donors (Lipinski definition) is 2. The van der Waals surface area contributed by atoms with Gasteiger partial charge in [-0.25, -0.2) is 0 Å². The normalized spacial score (nSPS) is 11.1. The molecular weight excluding hydrogens is 274 g/mol. The first-order valence-corrected chi connectivity index (χ1v) is 7.45. The molecule has 0 radical (unpaired) electrons. The molecule has 22 heavy (non-hydrogen) atoms. The van der Waals surface area contributed by atoms with E-state index in [1.54, 1.807) is 13.2 Å². The molecule has 0 atom stereocenters. The molecule has 0 unspecified atom stereocenters. The molecule has 0 aliphatic rings. The molecule has 3 heteroatoms. The van der Waals surface area contributed by atoms with Crippen molar-refractivity contribution in [3.63, 3.8) is 0 Å². The second kappa shape index (κ2) is 5.41. The van der Waals surface area contributed by atoms with Gasteiger partial charge in [0.1, 0.15) is 11.5 Å². The lowest BCUT2D eigenvalue weighted by Gasteiger charge is -2.08. The maximum absolute atomic E-state index is 10.2.